The number of nitrogens with one attached hydrogen (secondary N) is 1. The third kappa shape index (κ3) is 5.82. The summed E-state index contributed by atoms with van der Waals surface area (Å²) in [4.78, 5) is 38.6. The summed E-state index contributed by atoms with van der Waals surface area (Å²) in [6.45, 7) is 8.23. The first kappa shape index (κ1) is 25.0. The number of hydrogen-bond donors (Lipinski definition) is 2. The Bertz CT molecular complexity index is 1010. The number of aryl methyl sites for hydroxylation is 1. The molecule has 1 amide bonds. The summed E-state index contributed by atoms with van der Waals surface area (Å²) in [6.07, 6.45) is 3.64. The summed E-state index contributed by atoms with van der Waals surface area (Å²) in [6, 6.07) is 8.14. The van der Waals surface area contributed by atoms with Crippen LogP contribution >= 0.6 is 11.3 Å². The van der Waals surface area contributed by atoms with E-state index in [4.69, 9.17) is 4.74 Å². The molecule has 1 heterocycles. The second-order valence-electron chi connectivity index (χ2n) is 9.08. The molecule has 0 spiro atoms. The van der Waals surface area contributed by atoms with Gasteiger partial charge in [0.2, 0.25) is 5.91 Å². The van der Waals surface area contributed by atoms with Gasteiger partial charge in [-0.05, 0) is 50.2 Å². The standard InChI is InChI=1S/C26H33NO5S/c1-5-32-26(31)22-21(18-12-10-17(11-13-18)14-15(2)3)16(4)33-24(22)27-23(28)19-8-6-7-9-20(19)25(29)30/h10-13,15,19-20H,5-9,14H2,1-4H3,(H,27,28)(H,29,30)/t19-,20+/m1/s1. The highest BCUT2D eigenvalue weighted by molar-refractivity contribution is 7.17. The highest BCUT2D eigenvalue weighted by Gasteiger charge is 2.37. The Morgan fingerprint density at radius 2 is 1.76 bits per heavy atom. The van der Waals surface area contributed by atoms with Crippen molar-refractivity contribution in [2.75, 3.05) is 11.9 Å². The molecule has 0 aliphatic heterocycles. The predicted octanol–water partition coefficient (Wildman–Crippen LogP) is 5.93. The van der Waals surface area contributed by atoms with Gasteiger partial charge in [-0.2, -0.15) is 0 Å². The van der Waals surface area contributed by atoms with Crippen molar-refractivity contribution >= 4 is 34.2 Å². The molecule has 0 radical (unpaired) electrons. The van der Waals surface area contributed by atoms with Gasteiger partial charge in [-0.25, -0.2) is 4.79 Å². The van der Waals surface area contributed by atoms with Crippen LogP contribution in [0.2, 0.25) is 0 Å². The first-order valence-corrected chi connectivity index (χ1v) is 12.5. The average molecular weight is 472 g/mol. The Hall–Kier alpha value is -2.67. The normalized spacial score (nSPS) is 18.2. The smallest absolute Gasteiger partial charge is 0.341 e. The molecule has 33 heavy (non-hydrogen) atoms. The van der Waals surface area contributed by atoms with E-state index < -0.39 is 23.8 Å². The maximum Gasteiger partial charge on any atom is 0.341 e. The maximum absolute atomic E-state index is 13.1. The zero-order valence-electron chi connectivity index (χ0n) is 19.8. The molecule has 6 nitrogen and oxygen atoms in total. The lowest BCUT2D eigenvalue weighted by Crippen LogP contribution is -2.36. The van der Waals surface area contributed by atoms with Crippen molar-refractivity contribution in [3.05, 3.63) is 40.3 Å². The molecule has 1 aliphatic rings. The number of rotatable bonds is 8. The molecule has 2 atom stereocenters. The van der Waals surface area contributed by atoms with Crippen LogP contribution in [0.15, 0.2) is 24.3 Å². The summed E-state index contributed by atoms with van der Waals surface area (Å²) in [5, 5.41) is 12.9. The third-order valence-corrected chi connectivity index (χ3v) is 7.13. The van der Waals surface area contributed by atoms with Crippen LogP contribution in [0, 0.1) is 24.7 Å². The van der Waals surface area contributed by atoms with Gasteiger partial charge in [0.15, 0.2) is 0 Å². The van der Waals surface area contributed by atoms with Gasteiger partial charge in [0.25, 0.3) is 0 Å². The van der Waals surface area contributed by atoms with E-state index in [9.17, 15) is 19.5 Å². The Labute approximate surface area is 199 Å². The number of carbonyl (C=O) groups is 3. The van der Waals surface area contributed by atoms with E-state index in [1.165, 1.54) is 16.9 Å². The van der Waals surface area contributed by atoms with E-state index in [1.807, 2.05) is 19.1 Å². The van der Waals surface area contributed by atoms with Gasteiger partial charge in [0, 0.05) is 10.4 Å². The number of thiophene rings is 1. The van der Waals surface area contributed by atoms with Crippen LogP contribution in [-0.4, -0.2) is 29.6 Å². The number of anilines is 1. The van der Waals surface area contributed by atoms with Crippen molar-refractivity contribution in [1.29, 1.82) is 0 Å². The van der Waals surface area contributed by atoms with Crippen LogP contribution in [0.3, 0.4) is 0 Å². The molecule has 0 bridgehead atoms. The fourth-order valence-electron chi connectivity index (χ4n) is 4.60. The van der Waals surface area contributed by atoms with Crippen molar-refractivity contribution < 1.29 is 24.2 Å². The summed E-state index contributed by atoms with van der Waals surface area (Å²) >= 11 is 1.33. The number of ether oxygens (including phenoxy) is 1. The molecule has 1 aromatic carbocycles. The van der Waals surface area contributed by atoms with Crippen molar-refractivity contribution in [1.82, 2.24) is 0 Å². The Balaban J connectivity index is 1.96. The molecular formula is C26H33NO5S. The van der Waals surface area contributed by atoms with Gasteiger partial charge in [0.1, 0.15) is 10.6 Å². The van der Waals surface area contributed by atoms with Gasteiger partial charge in [0.05, 0.1) is 18.4 Å². The Kier molecular flexibility index (Phi) is 8.30. The van der Waals surface area contributed by atoms with E-state index in [0.29, 0.717) is 29.3 Å². The number of benzene rings is 1. The van der Waals surface area contributed by atoms with E-state index >= 15 is 0 Å². The van der Waals surface area contributed by atoms with Gasteiger partial charge in [-0.3, -0.25) is 9.59 Å². The number of amides is 1. The number of carboxylic acids is 1. The summed E-state index contributed by atoms with van der Waals surface area (Å²) < 4.78 is 5.33. The molecule has 1 fully saturated rings. The van der Waals surface area contributed by atoms with Gasteiger partial charge < -0.3 is 15.2 Å². The Morgan fingerprint density at radius 1 is 1.12 bits per heavy atom. The minimum Gasteiger partial charge on any atom is -0.481 e. The van der Waals surface area contributed by atoms with E-state index in [-0.39, 0.29) is 12.5 Å². The fourth-order valence-corrected chi connectivity index (χ4v) is 5.67. The number of hydrogen-bond acceptors (Lipinski definition) is 5. The maximum atomic E-state index is 13.1. The lowest BCUT2D eigenvalue weighted by atomic mass is 9.78. The number of esters is 1. The minimum absolute atomic E-state index is 0.220. The molecule has 0 saturated heterocycles. The number of aliphatic carboxylic acids is 1. The van der Waals surface area contributed by atoms with Crippen LogP contribution in [0.1, 0.15) is 67.3 Å². The summed E-state index contributed by atoms with van der Waals surface area (Å²) in [5.74, 6) is -2.52. The monoisotopic (exact) mass is 471 g/mol. The average Bonchev–Trinajstić information content (AvgIpc) is 3.09. The lowest BCUT2D eigenvalue weighted by Gasteiger charge is -2.27. The van der Waals surface area contributed by atoms with Gasteiger partial charge in [-0.15, -0.1) is 11.3 Å². The SMILES string of the molecule is CCOC(=O)c1c(NC(=O)[C@@H]2CCCC[C@@H]2C(=O)O)sc(C)c1-c1ccc(CC(C)C)cc1. The molecule has 7 heteroatoms. The van der Waals surface area contributed by atoms with E-state index in [1.54, 1.807) is 6.92 Å². The fraction of sp³-hybridized carbons (Fsp3) is 0.500. The van der Waals surface area contributed by atoms with Crippen molar-refractivity contribution in [2.24, 2.45) is 17.8 Å². The van der Waals surface area contributed by atoms with Gasteiger partial charge in [-0.1, -0.05) is 51.0 Å². The van der Waals surface area contributed by atoms with Crippen LogP contribution < -0.4 is 5.32 Å². The molecule has 0 unspecified atom stereocenters. The van der Waals surface area contributed by atoms with Crippen LogP contribution in [-0.2, 0) is 20.7 Å². The number of carbonyl (C=O) groups excluding carboxylic acids is 2. The quantitative estimate of drug-likeness (QED) is 0.466. The van der Waals surface area contributed by atoms with E-state index in [0.717, 1.165) is 35.3 Å². The second-order valence-corrected chi connectivity index (χ2v) is 10.3. The van der Waals surface area contributed by atoms with Crippen LogP contribution in [0.4, 0.5) is 5.00 Å². The molecule has 2 aromatic rings. The molecular weight excluding hydrogens is 438 g/mol. The molecule has 2 N–H and O–H groups in total. The topological polar surface area (TPSA) is 92.7 Å². The molecule has 1 aliphatic carbocycles. The number of carboxylic acid groups (broad SMARTS) is 1. The van der Waals surface area contributed by atoms with Crippen molar-refractivity contribution in [2.45, 2.75) is 59.8 Å². The molecule has 178 valence electrons. The summed E-state index contributed by atoms with van der Waals surface area (Å²) in [7, 11) is 0. The zero-order valence-corrected chi connectivity index (χ0v) is 20.6. The largest absolute Gasteiger partial charge is 0.481 e. The highest BCUT2D eigenvalue weighted by Crippen LogP contribution is 2.41. The third-order valence-electron chi connectivity index (χ3n) is 6.11. The molecule has 1 aromatic heterocycles. The van der Waals surface area contributed by atoms with Crippen LogP contribution in [0.25, 0.3) is 11.1 Å². The highest BCUT2D eigenvalue weighted by atomic mass is 32.1. The molecule has 1 saturated carbocycles. The zero-order chi connectivity index (χ0) is 24.1. The second kappa shape index (κ2) is 11.0. The summed E-state index contributed by atoms with van der Waals surface area (Å²) in [5.41, 5.74) is 3.21. The minimum atomic E-state index is -0.940. The lowest BCUT2D eigenvalue weighted by molar-refractivity contribution is -0.147. The van der Waals surface area contributed by atoms with Crippen LogP contribution in [0.5, 0.6) is 0 Å². The van der Waals surface area contributed by atoms with Gasteiger partial charge >= 0.3 is 11.9 Å². The molecule has 3 rings (SSSR count). The Morgan fingerprint density at radius 3 is 2.33 bits per heavy atom. The van der Waals surface area contributed by atoms with Crippen molar-refractivity contribution in [3.8, 4) is 11.1 Å². The van der Waals surface area contributed by atoms with E-state index in [2.05, 4.69) is 31.3 Å². The predicted molar refractivity (Wildman–Crippen MR) is 131 cm³/mol. The first-order chi connectivity index (χ1) is 15.7. The first-order valence-electron chi connectivity index (χ1n) is 11.7. The van der Waals surface area contributed by atoms with Crippen molar-refractivity contribution in [3.63, 3.8) is 0 Å².